The van der Waals surface area contributed by atoms with Gasteiger partial charge in [-0.3, -0.25) is 10.1 Å². The van der Waals surface area contributed by atoms with Crippen LogP contribution in [0.5, 0.6) is 0 Å². The van der Waals surface area contributed by atoms with Crippen molar-refractivity contribution in [3.05, 3.63) is 39.7 Å². The lowest BCUT2D eigenvalue weighted by Crippen LogP contribution is -2.21. The van der Waals surface area contributed by atoms with Gasteiger partial charge in [0.15, 0.2) is 0 Å². The predicted octanol–water partition coefficient (Wildman–Crippen LogP) is 0.783. The van der Waals surface area contributed by atoms with Crippen molar-refractivity contribution >= 4 is 15.7 Å². The van der Waals surface area contributed by atoms with Crippen LogP contribution >= 0.6 is 0 Å². The third-order valence-electron chi connectivity index (χ3n) is 1.77. The van der Waals surface area contributed by atoms with E-state index in [1.54, 1.807) is 0 Å². The van der Waals surface area contributed by atoms with Crippen LogP contribution in [0, 0.1) is 15.9 Å². The summed E-state index contributed by atoms with van der Waals surface area (Å²) >= 11 is 0. The zero-order chi connectivity index (χ0) is 12.3. The van der Waals surface area contributed by atoms with E-state index in [2.05, 4.69) is 4.72 Å². The van der Waals surface area contributed by atoms with Gasteiger partial charge in [-0.1, -0.05) is 0 Å². The van der Waals surface area contributed by atoms with E-state index in [-0.39, 0.29) is 17.8 Å². The summed E-state index contributed by atoms with van der Waals surface area (Å²) in [5, 5.41) is 10.3. The van der Waals surface area contributed by atoms with E-state index in [0.717, 1.165) is 18.4 Å². The molecule has 1 N–H and O–H groups in total. The van der Waals surface area contributed by atoms with Gasteiger partial charge in [0, 0.05) is 18.2 Å². The molecule has 1 aromatic rings. The lowest BCUT2D eigenvalue weighted by atomic mass is 10.2. The van der Waals surface area contributed by atoms with Crippen molar-refractivity contribution in [3.8, 4) is 0 Å². The van der Waals surface area contributed by atoms with E-state index in [1.807, 2.05) is 0 Å². The summed E-state index contributed by atoms with van der Waals surface area (Å²) < 4.78 is 36.8. The van der Waals surface area contributed by atoms with Gasteiger partial charge in [-0.15, -0.1) is 0 Å². The number of nitrogens with zero attached hydrogens (tertiary/aromatic N) is 1. The van der Waals surface area contributed by atoms with Gasteiger partial charge >= 0.3 is 0 Å². The Labute approximate surface area is 91.3 Å². The smallest absolute Gasteiger partial charge is 0.258 e. The Morgan fingerprint density at radius 1 is 1.50 bits per heavy atom. The molecule has 1 rings (SSSR count). The van der Waals surface area contributed by atoms with Crippen LogP contribution in [0.1, 0.15) is 5.56 Å². The predicted molar refractivity (Wildman–Crippen MR) is 54.7 cm³/mol. The second kappa shape index (κ2) is 4.54. The number of sulfonamides is 1. The second-order valence-corrected chi connectivity index (χ2v) is 4.96. The molecule has 0 fully saturated rings. The Hall–Kier alpha value is -1.54. The molecule has 8 heteroatoms. The summed E-state index contributed by atoms with van der Waals surface area (Å²) in [6.45, 7) is -0.233. The van der Waals surface area contributed by atoms with Crippen molar-refractivity contribution in [1.82, 2.24) is 4.72 Å². The molecule has 0 saturated heterocycles. The normalized spacial score (nSPS) is 11.4. The monoisotopic (exact) mass is 248 g/mol. The largest absolute Gasteiger partial charge is 0.272 e. The van der Waals surface area contributed by atoms with E-state index in [4.69, 9.17) is 0 Å². The highest BCUT2D eigenvalue weighted by molar-refractivity contribution is 7.88. The zero-order valence-electron chi connectivity index (χ0n) is 8.31. The fourth-order valence-electron chi connectivity index (χ4n) is 1.00. The maximum absolute atomic E-state index is 13.2. The van der Waals surface area contributed by atoms with Crippen LogP contribution in [0.25, 0.3) is 0 Å². The van der Waals surface area contributed by atoms with Gasteiger partial charge in [-0.05, 0) is 6.07 Å². The first-order valence-corrected chi connectivity index (χ1v) is 6.06. The molecule has 0 aromatic heterocycles. The molecule has 0 radical (unpaired) electrons. The third kappa shape index (κ3) is 3.55. The molecule has 0 aliphatic heterocycles. The Morgan fingerprint density at radius 2 is 2.12 bits per heavy atom. The summed E-state index contributed by atoms with van der Waals surface area (Å²) in [6.07, 6.45) is 0.941. The number of nitrogens with one attached hydrogen (secondary N) is 1. The molecule has 0 saturated carbocycles. The van der Waals surface area contributed by atoms with E-state index < -0.39 is 20.8 Å². The minimum Gasteiger partial charge on any atom is -0.258 e. The Morgan fingerprint density at radius 3 is 2.56 bits per heavy atom. The van der Waals surface area contributed by atoms with Gasteiger partial charge in [-0.25, -0.2) is 17.5 Å². The summed E-state index contributed by atoms with van der Waals surface area (Å²) in [5.74, 6) is -0.814. The summed E-state index contributed by atoms with van der Waals surface area (Å²) in [6, 6.07) is 3.04. The quantitative estimate of drug-likeness (QED) is 0.630. The van der Waals surface area contributed by atoms with Crippen molar-refractivity contribution in [2.45, 2.75) is 6.54 Å². The highest BCUT2D eigenvalue weighted by Crippen LogP contribution is 2.16. The first-order chi connectivity index (χ1) is 7.29. The van der Waals surface area contributed by atoms with Gasteiger partial charge < -0.3 is 0 Å². The average Bonchev–Trinajstić information content (AvgIpc) is 2.14. The zero-order valence-corrected chi connectivity index (χ0v) is 9.12. The number of nitro benzene ring substituents is 1. The van der Waals surface area contributed by atoms with Crippen LogP contribution in [0.15, 0.2) is 18.2 Å². The van der Waals surface area contributed by atoms with Crippen molar-refractivity contribution in [3.63, 3.8) is 0 Å². The number of hydrogen-bond donors (Lipinski definition) is 1. The molecule has 0 aliphatic carbocycles. The Kier molecular flexibility index (Phi) is 3.55. The maximum Gasteiger partial charge on any atom is 0.272 e. The molecular formula is C8H9FN2O4S. The van der Waals surface area contributed by atoms with Gasteiger partial charge in [0.2, 0.25) is 10.0 Å². The number of halogens is 1. The Bertz CT molecular complexity index is 515. The van der Waals surface area contributed by atoms with E-state index in [9.17, 15) is 22.9 Å². The highest BCUT2D eigenvalue weighted by atomic mass is 32.2. The van der Waals surface area contributed by atoms with Crippen molar-refractivity contribution in [1.29, 1.82) is 0 Å². The molecule has 0 bridgehead atoms. The highest BCUT2D eigenvalue weighted by Gasteiger charge is 2.11. The molecule has 6 nitrogen and oxygen atoms in total. The van der Waals surface area contributed by atoms with Crippen molar-refractivity contribution in [2.24, 2.45) is 0 Å². The van der Waals surface area contributed by atoms with E-state index in [1.165, 1.54) is 6.07 Å². The average molecular weight is 248 g/mol. The SMILES string of the molecule is CS(=O)(=O)NCc1ccc([N+](=O)[O-])cc1F. The lowest BCUT2D eigenvalue weighted by Gasteiger charge is -2.03. The van der Waals surface area contributed by atoms with Gasteiger partial charge in [-0.2, -0.15) is 0 Å². The standard InChI is InChI=1S/C8H9FN2O4S/c1-16(14,15)10-5-6-2-3-7(11(12)13)4-8(6)9/h2-4,10H,5H2,1H3. The van der Waals surface area contributed by atoms with E-state index in [0.29, 0.717) is 0 Å². The first kappa shape index (κ1) is 12.5. The molecule has 0 atom stereocenters. The molecule has 0 spiro atoms. The van der Waals surface area contributed by atoms with Crippen molar-refractivity contribution in [2.75, 3.05) is 6.26 Å². The van der Waals surface area contributed by atoms with Crippen LogP contribution in [0.2, 0.25) is 0 Å². The van der Waals surface area contributed by atoms with Gasteiger partial charge in [0.1, 0.15) is 5.82 Å². The number of non-ortho nitro benzene ring substituents is 1. The minimum atomic E-state index is -3.42. The number of rotatable bonds is 4. The fraction of sp³-hybridized carbons (Fsp3) is 0.250. The summed E-state index contributed by atoms with van der Waals surface area (Å²) in [7, 11) is -3.42. The third-order valence-corrected chi connectivity index (χ3v) is 2.44. The van der Waals surface area contributed by atoms with Crippen LogP contribution in [0.4, 0.5) is 10.1 Å². The molecule has 0 amide bonds. The number of benzene rings is 1. The van der Waals surface area contributed by atoms with Crippen LogP contribution < -0.4 is 4.72 Å². The fourth-order valence-corrected chi connectivity index (χ4v) is 1.42. The lowest BCUT2D eigenvalue weighted by molar-refractivity contribution is -0.385. The summed E-state index contributed by atoms with van der Waals surface area (Å²) in [5.41, 5.74) is -0.323. The molecule has 0 unspecified atom stereocenters. The van der Waals surface area contributed by atoms with Crippen LogP contribution in [-0.2, 0) is 16.6 Å². The van der Waals surface area contributed by atoms with Gasteiger partial charge in [0.05, 0.1) is 17.2 Å². The molecule has 0 heterocycles. The molecule has 16 heavy (non-hydrogen) atoms. The topological polar surface area (TPSA) is 89.3 Å². The first-order valence-electron chi connectivity index (χ1n) is 4.17. The minimum absolute atomic E-state index is 0.0519. The molecule has 0 aliphatic rings. The van der Waals surface area contributed by atoms with Crippen molar-refractivity contribution < 1.29 is 17.7 Å². The maximum atomic E-state index is 13.2. The molecular weight excluding hydrogens is 239 g/mol. The van der Waals surface area contributed by atoms with Crippen LogP contribution in [-0.4, -0.2) is 19.6 Å². The Balaban J connectivity index is 2.88. The molecule has 1 aromatic carbocycles. The summed E-state index contributed by atoms with van der Waals surface area (Å²) in [4.78, 5) is 9.58. The van der Waals surface area contributed by atoms with Crippen LogP contribution in [0.3, 0.4) is 0 Å². The van der Waals surface area contributed by atoms with Gasteiger partial charge in [0.25, 0.3) is 5.69 Å². The second-order valence-electron chi connectivity index (χ2n) is 3.13. The van der Waals surface area contributed by atoms with E-state index >= 15 is 0 Å². The molecule has 88 valence electrons. The number of hydrogen-bond acceptors (Lipinski definition) is 4. The number of nitro groups is 1.